The van der Waals surface area contributed by atoms with Crippen LogP contribution in [0.2, 0.25) is 0 Å². The van der Waals surface area contributed by atoms with Crippen molar-refractivity contribution < 1.29 is 126 Å². The van der Waals surface area contributed by atoms with E-state index in [0.29, 0.717) is 91.3 Å². The van der Waals surface area contributed by atoms with Crippen molar-refractivity contribution in [1.82, 2.24) is 18.9 Å². The second kappa shape index (κ2) is 34.5. The molecule has 0 aromatic carbocycles. The molecule has 4 aromatic rings. The van der Waals surface area contributed by atoms with Crippen molar-refractivity contribution >= 4 is 82.2 Å². The van der Waals surface area contributed by atoms with Crippen molar-refractivity contribution in [3.63, 3.8) is 0 Å². The molecule has 0 saturated carbocycles. The first-order valence-electron chi connectivity index (χ1n) is 25.2. The van der Waals surface area contributed by atoms with E-state index in [9.17, 15) is 0 Å². The fourth-order valence-corrected chi connectivity index (χ4v) is 9.19. The summed E-state index contributed by atoms with van der Waals surface area (Å²) >= 11 is 0. The van der Waals surface area contributed by atoms with Gasteiger partial charge >= 0.3 is 13.9 Å². The Morgan fingerprint density at radius 1 is 0.419 bits per heavy atom. The standard InChI is InChI=1S/2C19H20BF2N3.4C4H8N2O2.2ClH.2Co/c2*1-11-8-14(4)24-18(11)17(16-6-7-23-10-13(16)3)19-12(2)9-15(5)25(19)20(24,21)22;4*1-3(5-7)4(2)6-8;;;;/h2*6-10H,1-5H3;4*7-8H,1-2H3;2*1H;;/p-2/b;;4*5-3+,6-4+;;;;. The van der Waals surface area contributed by atoms with Gasteiger partial charge in [0, 0.05) is 107 Å². The summed E-state index contributed by atoms with van der Waals surface area (Å²) in [5, 5.41) is 86.5. The maximum atomic E-state index is 15.5. The molecule has 32 heteroatoms. The molecule has 0 spiro atoms. The third-order valence-corrected chi connectivity index (χ3v) is 13.7. The molecule has 4 aromatic heterocycles. The van der Waals surface area contributed by atoms with Crippen LogP contribution in [0.25, 0.3) is 11.1 Å². The predicted molar refractivity (Wildman–Crippen MR) is 313 cm³/mol. The topological polar surface area (TPSA) is 302 Å². The third-order valence-electron chi connectivity index (χ3n) is 13.7. The quantitative estimate of drug-likeness (QED) is 0.0409. The van der Waals surface area contributed by atoms with Crippen LogP contribution in [-0.4, -0.2) is 141 Å². The molecule has 8 heterocycles. The zero-order valence-corrected chi connectivity index (χ0v) is 54.3. The van der Waals surface area contributed by atoms with Gasteiger partial charge in [0.1, 0.15) is 57.1 Å². The SMILES string of the molecule is CC(=N\O)/C(C)=N/O.CC(=N\O)/C(C)=N/O.CC(=N\O)/C(C)=N/O.CC(=N\O)/C(C)=N/O.CC1=CC(C)=[N+]2C1=C(c1ccncc1C)c1c(C)cc(C)n1[B-]2(F)F.CC1=CC(C)=[N+]2C1=C(c1ccncc1C)c1c(C)cc(C)n1[B-]2(F)F.[Cl-].[Cl-].[Co].[Co]. The Kier molecular flexibility index (Phi) is 32.3. The Morgan fingerprint density at radius 3 is 0.860 bits per heavy atom. The summed E-state index contributed by atoms with van der Waals surface area (Å²) in [6, 6.07) is 7.52. The van der Waals surface area contributed by atoms with E-state index in [1.54, 1.807) is 52.5 Å². The molecule has 8 N–H and O–H groups in total. The number of fused-ring (bicyclic) bond motifs is 4. The van der Waals surface area contributed by atoms with Crippen LogP contribution < -0.4 is 24.8 Å². The molecule has 22 nitrogen and oxygen atoms in total. The van der Waals surface area contributed by atoms with Crippen LogP contribution in [0.5, 0.6) is 0 Å². The number of nitrogens with zero attached hydrogens (tertiary/aromatic N) is 14. The molecule has 4 aliphatic rings. The van der Waals surface area contributed by atoms with Gasteiger partial charge in [-0.05, 0) is 180 Å². The van der Waals surface area contributed by atoms with E-state index in [1.165, 1.54) is 73.3 Å². The smallest absolute Gasteiger partial charge is 0.737 e. The Bertz CT molecular complexity index is 3230. The summed E-state index contributed by atoms with van der Waals surface area (Å²) in [6.45, 7) is 23.0. The van der Waals surface area contributed by atoms with Gasteiger partial charge in [-0.15, -0.1) is 0 Å². The number of oxime groups is 8. The van der Waals surface area contributed by atoms with E-state index < -0.39 is 13.9 Å². The Morgan fingerprint density at radius 2 is 0.651 bits per heavy atom. The summed E-state index contributed by atoms with van der Waals surface area (Å²) in [4.78, 5) is 8.33. The second-order valence-electron chi connectivity index (χ2n) is 19.5. The molecule has 0 amide bonds. The van der Waals surface area contributed by atoms with E-state index in [0.717, 1.165) is 55.7 Å². The van der Waals surface area contributed by atoms with Gasteiger partial charge in [0.2, 0.25) is 0 Å². The van der Waals surface area contributed by atoms with Gasteiger partial charge in [0.15, 0.2) is 11.4 Å². The number of aryl methyl sites for hydroxylation is 6. The summed E-state index contributed by atoms with van der Waals surface area (Å²) < 4.78 is 66.9. The minimum Gasteiger partial charge on any atom is -1.00 e. The number of pyridine rings is 2. The van der Waals surface area contributed by atoms with Gasteiger partial charge in [-0.2, -0.15) is 0 Å². The monoisotopic (exact) mass is 1330 g/mol. The molecule has 0 atom stereocenters. The molecule has 2 radical (unpaired) electrons. The second-order valence-corrected chi connectivity index (χ2v) is 19.5. The van der Waals surface area contributed by atoms with Crippen molar-refractivity contribution in [2.75, 3.05) is 0 Å². The van der Waals surface area contributed by atoms with Gasteiger partial charge in [0.25, 0.3) is 0 Å². The molecular formula is C54H72B2Cl2Co2F4N14O8-2. The maximum absolute atomic E-state index is 15.5. The van der Waals surface area contributed by atoms with Crippen LogP contribution in [0.1, 0.15) is 139 Å². The van der Waals surface area contributed by atoms with E-state index in [1.807, 2.05) is 78.0 Å². The summed E-state index contributed by atoms with van der Waals surface area (Å²) in [5.41, 5.74) is 16.4. The van der Waals surface area contributed by atoms with Crippen molar-refractivity contribution in [3.8, 4) is 0 Å². The fourth-order valence-electron chi connectivity index (χ4n) is 9.19. The van der Waals surface area contributed by atoms with Crippen molar-refractivity contribution in [1.29, 1.82) is 0 Å². The summed E-state index contributed by atoms with van der Waals surface area (Å²) in [7, 11) is 0. The largest absolute Gasteiger partial charge is 1.00 e. The van der Waals surface area contributed by atoms with Crippen molar-refractivity contribution in [3.05, 3.63) is 140 Å². The van der Waals surface area contributed by atoms with Crippen LogP contribution in [0.4, 0.5) is 17.3 Å². The average molecular weight is 1330 g/mol. The molecule has 0 bridgehead atoms. The molecular weight excluding hydrogens is 1260 g/mol. The van der Waals surface area contributed by atoms with Gasteiger partial charge in [-0.3, -0.25) is 9.97 Å². The Hall–Kier alpha value is -7.64. The molecule has 0 aliphatic carbocycles. The van der Waals surface area contributed by atoms with Crippen molar-refractivity contribution in [2.45, 2.75) is 125 Å². The molecule has 0 fully saturated rings. The summed E-state index contributed by atoms with van der Waals surface area (Å²) in [6.07, 6.45) is 10.7. The van der Waals surface area contributed by atoms with E-state index >= 15 is 17.3 Å². The number of halogens is 6. The van der Waals surface area contributed by atoms with E-state index in [2.05, 4.69) is 51.2 Å². The fraction of sp³-hybridized carbons (Fsp3) is 0.333. The minimum atomic E-state index is -3.92. The molecule has 8 rings (SSSR count). The average Bonchev–Trinajstić information content (AvgIpc) is 1.53. The predicted octanol–water partition coefficient (Wildman–Crippen LogP) is 5.22. The van der Waals surface area contributed by atoms with Crippen LogP contribution in [0.15, 0.2) is 125 Å². The Labute approximate surface area is 530 Å². The normalized spacial score (nSPS) is 16.0. The van der Waals surface area contributed by atoms with Gasteiger partial charge in [0.05, 0.1) is 11.1 Å². The van der Waals surface area contributed by atoms with Crippen LogP contribution >= 0.6 is 0 Å². The number of hydrogen-bond donors (Lipinski definition) is 8. The molecule has 86 heavy (non-hydrogen) atoms. The van der Waals surface area contributed by atoms with E-state index in [-0.39, 0.29) is 58.4 Å². The molecule has 0 unspecified atom stereocenters. The zero-order chi connectivity index (χ0) is 62.5. The van der Waals surface area contributed by atoms with Crippen LogP contribution in [0, 0.1) is 41.5 Å². The number of rotatable bonds is 6. The Balaban J connectivity index is 0. The zero-order valence-electron chi connectivity index (χ0n) is 50.7. The molecule has 0 saturated heterocycles. The van der Waals surface area contributed by atoms with Crippen LogP contribution in [-0.2, 0) is 33.6 Å². The first-order chi connectivity index (χ1) is 38.4. The number of aromatic nitrogens is 4. The van der Waals surface area contributed by atoms with Gasteiger partial charge in [-0.25, -0.2) is 0 Å². The first kappa shape index (κ1) is 80.4. The minimum absolute atomic E-state index is 0. The third kappa shape index (κ3) is 17.3. The summed E-state index contributed by atoms with van der Waals surface area (Å²) in [5.74, 6) is 0. The van der Waals surface area contributed by atoms with Crippen LogP contribution in [0.3, 0.4) is 0 Å². The number of allylic oxidation sites excluding steroid dienone is 4. The van der Waals surface area contributed by atoms with Crippen molar-refractivity contribution in [2.24, 2.45) is 41.2 Å². The maximum Gasteiger partial charge on any atom is 0.737 e. The van der Waals surface area contributed by atoms with Gasteiger partial charge in [-0.1, -0.05) is 41.2 Å². The first-order valence-corrected chi connectivity index (χ1v) is 25.2. The van der Waals surface area contributed by atoms with E-state index in [4.69, 9.17) is 41.7 Å². The molecule has 4 aliphatic heterocycles. The molecule has 474 valence electrons. The number of hydrogen-bond acceptors (Lipinski definition) is 18. The van der Waals surface area contributed by atoms with Gasteiger partial charge < -0.3 is 102 Å².